The summed E-state index contributed by atoms with van der Waals surface area (Å²) in [4.78, 5) is 13.2. The first kappa shape index (κ1) is 13.4. The van der Waals surface area contributed by atoms with Crippen LogP contribution in [0.5, 0.6) is 0 Å². The van der Waals surface area contributed by atoms with Gasteiger partial charge < -0.3 is 10.4 Å². The van der Waals surface area contributed by atoms with E-state index in [4.69, 9.17) is 5.11 Å². The van der Waals surface area contributed by atoms with Crippen molar-refractivity contribution in [2.75, 3.05) is 11.9 Å². The number of nitrogens with one attached hydrogen (secondary N) is 1. The zero-order valence-corrected chi connectivity index (χ0v) is 11.4. The molecule has 2 aromatic rings. The maximum atomic E-state index is 9.12. The number of hydrogen-bond acceptors (Lipinski definition) is 5. The first-order chi connectivity index (χ1) is 9.11. The second-order valence-corrected chi connectivity index (χ2v) is 4.55. The molecule has 0 aliphatic carbocycles. The van der Waals surface area contributed by atoms with Crippen LogP contribution in [0.15, 0.2) is 24.4 Å². The van der Waals surface area contributed by atoms with Gasteiger partial charge in [0, 0.05) is 23.5 Å². The Hall–Kier alpha value is -2.01. The maximum Gasteiger partial charge on any atom is 0.180 e. The Morgan fingerprint density at radius 3 is 2.68 bits per heavy atom. The van der Waals surface area contributed by atoms with Crippen LogP contribution in [0.4, 0.5) is 5.82 Å². The molecule has 0 amide bonds. The fourth-order valence-electron chi connectivity index (χ4n) is 1.66. The lowest BCUT2D eigenvalue weighted by Gasteiger charge is -2.15. The molecule has 0 radical (unpaired) electrons. The molecule has 0 aliphatic rings. The predicted octanol–water partition coefficient (Wildman–Crippen LogP) is 1.95. The number of aliphatic hydroxyl groups is 1. The molecule has 2 heterocycles. The molecule has 0 aliphatic heterocycles. The van der Waals surface area contributed by atoms with Crippen LogP contribution in [0, 0.1) is 13.8 Å². The summed E-state index contributed by atoms with van der Waals surface area (Å²) in [7, 11) is 0. The van der Waals surface area contributed by atoms with Gasteiger partial charge in [0.25, 0.3) is 0 Å². The number of aromatic nitrogens is 3. The van der Waals surface area contributed by atoms with Crippen LogP contribution in [0.2, 0.25) is 0 Å². The van der Waals surface area contributed by atoms with E-state index in [0.29, 0.717) is 5.82 Å². The second kappa shape index (κ2) is 5.75. The van der Waals surface area contributed by atoms with E-state index in [1.165, 1.54) is 0 Å². The smallest absolute Gasteiger partial charge is 0.180 e. The number of hydrogen-bond donors (Lipinski definition) is 2. The summed E-state index contributed by atoms with van der Waals surface area (Å²) >= 11 is 0. The monoisotopic (exact) mass is 258 g/mol. The topological polar surface area (TPSA) is 70.9 Å². The van der Waals surface area contributed by atoms with Gasteiger partial charge in [-0.05, 0) is 32.9 Å². The number of nitrogens with zero attached hydrogens (tertiary/aromatic N) is 3. The predicted molar refractivity (Wildman–Crippen MR) is 74.9 cm³/mol. The lowest BCUT2D eigenvalue weighted by Crippen LogP contribution is -2.21. The summed E-state index contributed by atoms with van der Waals surface area (Å²) in [6.45, 7) is 5.86. The normalized spacial score (nSPS) is 12.2. The second-order valence-electron chi connectivity index (χ2n) is 4.55. The Labute approximate surface area is 112 Å². The van der Waals surface area contributed by atoms with E-state index in [9.17, 15) is 0 Å². The van der Waals surface area contributed by atoms with Gasteiger partial charge >= 0.3 is 0 Å². The highest BCUT2D eigenvalue weighted by atomic mass is 16.3. The number of aryl methyl sites for hydroxylation is 1. The van der Waals surface area contributed by atoms with Gasteiger partial charge in [-0.2, -0.15) is 0 Å². The van der Waals surface area contributed by atoms with Crippen molar-refractivity contribution in [1.82, 2.24) is 15.0 Å². The van der Waals surface area contributed by atoms with E-state index >= 15 is 0 Å². The molecule has 19 heavy (non-hydrogen) atoms. The van der Waals surface area contributed by atoms with Crippen molar-refractivity contribution in [2.24, 2.45) is 0 Å². The van der Waals surface area contributed by atoms with Gasteiger partial charge in [-0.3, -0.25) is 4.98 Å². The fourth-order valence-corrected chi connectivity index (χ4v) is 1.66. The molecule has 0 fully saturated rings. The van der Waals surface area contributed by atoms with Gasteiger partial charge in [-0.25, -0.2) is 9.97 Å². The fraction of sp³-hybridized carbons (Fsp3) is 0.357. The molecule has 2 rings (SSSR count). The summed E-state index contributed by atoms with van der Waals surface area (Å²) in [6, 6.07) is 5.59. The first-order valence-corrected chi connectivity index (χ1v) is 6.26. The van der Waals surface area contributed by atoms with Crippen LogP contribution in [0.25, 0.3) is 11.5 Å². The molecule has 0 saturated carbocycles. The van der Waals surface area contributed by atoms with Crippen molar-refractivity contribution in [3.63, 3.8) is 0 Å². The highest BCUT2D eigenvalue weighted by Crippen LogP contribution is 2.20. The minimum absolute atomic E-state index is 0.0513. The Kier molecular flexibility index (Phi) is 4.06. The average Bonchev–Trinajstić information content (AvgIpc) is 2.44. The quantitative estimate of drug-likeness (QED) is 0.877. The van der Waals surface area contributed by atoms with Crippen LogP contribution in [0.3, 0.4) is 0 Å². The average molecular weight is 258 g/mol. The van der Waals surface area contributed by atoms with Gasteiger partial charge in [0.2, 0.25) is 0 Å². The number of rotatable bonds is 4. The summed E-state index contributed by atoms with van der Waals surface area (Å²) in [5.41, 5.74) is 2.63. The van der Waals surface area contributed by atoms with E-state index < -0.39 is 0 Å². The van der Waals surface area contributed by atoms with E-state index in [1.807, 2.05) is 39.0 Å². The van der Waals surface area contributed by atoms with Gasteiger partial charge in [-0.1, -0.05) is 6.07 Å². The molecular weight excluding hydrogens is 240 g/mol. The largest absolute Gasteiger partial charge is 0.394 e. The highest BCUT2D eigenvalue weighted by molar-refractivity contribution is 5.56. The van der Waals surface area contributed by atoms with E-state index in [0.717, 1.165) is 22.8 Å². The van der Waals surface area contributed by atoms with Crippen LogP contribution in [0.1, 0.15) is 18.2 Å². The third-order valence-electron chi connectivity index (χ3n) is 2.94. The van der Waals surface area contributed by atoms with Crippen molar-refractivity contribution >= 4 is 5.82 Å². The van der Waals surface area contributed by atoms with Crippen molar-refractivity contribution < 1.29 is 5.11 Å². The van der Waals surface area contributed by atoms with Crippen LogP contribution < -0.4 is 5.32 Å². The van der Waals surface area contributed by atoms with Gasteiger partial charge in [-0.15, -0.1) is 0 Å². The lowest BCUT2D eigenvalue weighted by atomic mass is 10.2. The first-order valence-electron chi connectivity index (χ1n) is 6.26. The van der Waals surface area contributed by atoms with E-state index in [-0.39, 0.29) is 12.6 Å². The van der Waals surface area contributed by atoms with E-state index in [1.54, 1.807) is 6.20 Å². The highest BCUT2D eigenvalue weighted by Gasteiger charge is 2.11. The Balaban J connectivity index is 2.42. The van der Waals surface area contributed by atoms with Crippen LogP contribution in [-0.2, 0) is 0 Å². The molecule has 100 valence electrons. The van der Waals surface area contributed by atoms with Crippen molar-refractivity contribution in [2.45, 2.75) is 26.8 Å². The van der Waals surface area contributed by atoms with Gasteiger partial charge in [0.1, 0.15) is 11.5 Å². The Bertz CT molecular complexity index is 557. The molecule has 5 nitrogen and oxygen atoms in total. The molecule has 0 aromatic carbocycles. The summed E-state index contributed by atoms with van der Waals surface area (Å²) in [5.74, 6) is 1.34. The van der Waals surface area contributed by atoms with Gasteiger partial charge in [0.15, 0.2) is 5.82 Å². The van der Waals surface area contributed by atoms with Crippen LogP contribution in [-0.4, -0.2) is 32.7 Å². The molecule has 0 unspecified atom stereocenters. The number of anilines is 1. The van der Waals surface area contributed by atoms with E-state index in [2.05, 4.69) is 20.3 Å². The van der Waals surface area contributed by atoms with Crippen molar-refractivity contribution in [3.05, 3.63) is 35.7 Å². The molecule has 0 saturated heterocycles. The third-order valence-corrected chi connectivity index (χ3v) is 2.94. The maximum absolute atomic E-state index is 9.12. The standard InChI is InChI=1S/C14H18N4O/c1-9(8-19)16-13-10(2)11(3)17-14(18-13)12-6-4-5-7-15-12/h4-7,9,19H,8H2,1-3H3,(H,16,17,18)/t9-/m0/s1. The molecule has 0 spiro atoms. The molecule has 0 bridgehead atoms. The zero-order valence-electron chi connectivity index (χ0n) is 11.4. The minimum Gasteiger partial charge on any atom is -0.394 e. The molecule has 5 heteroatoms. The third kappa shape index (κ3) is 3.06. The summed E-state index contributed by atoms with van der Waals surface area (Å²) < 4.78 is 0. The summed E-state index contributed by atoms with van der Waals surface area (Å²) in [6.07, 6.45) is 1.72. The molecule has 2 N–H and O–H groups in total. The molecule has 2 aromatic heterocycles. The number of aliphatic hydroxyl groups excluding tert-OH is 1. The van der Waals surface area contributed by atoms with Crippen molar-refractivity contribution in [3.8, 4) is 11.5 Å². The molecule has 1 atom stereocenters. The SMILES string of the molecule is Cc1nc(-c2ccccn2)nc(N[C@@H](C)CO)c1C. The lowest BCUT2D eigenvalue weighted by molar-refractivity contribution is 0.281. The molecular formula is C14H18N4O. The Morgan fingerprint density at radius 1 is 1.26 bits per heavy atom. The summed E-state index contributed by atoms with van der Waals surface area (Å²) in [5, 5.41) is 12.3. The van der Waals surface area contributed by atoms with Crippen molar-refractivity contribution in [1.29, 1.82) is 0 Å². The zero-order chi connectivity index (χ0) is 13.8. The number of pyridine rings is 1. The van der Waals surface area contributed by atoms with Gasteiger partial charge in [0.05, 0.1) is 6.61 Å². The Morgan fingerprint density at radius 2 is 2.05 bits per heavy atom. The van der Waals surface area contributed by atoms with Crippen LogP contribution >= 0.6 is 0 Å². The minimum atomic E-state index is -0.0513.